The third-order valence-electron chi connectivity index (χ3n) is 5.43. The van der Waals surface area contributed by atoms with Crippen LogP contribution < -0.4 is 4.90 Å². The van der Waals surface area contributed by atoms with Gasteiger partial charge >= 0.3 is 0 Å². The summed E-state index contributed by atoms with van der Waals surface area (Å²) in [6, 6.07) is 15.8. The first kappa shape index (κ1) is 21.3. The van der Waals surface area contributed by atoms with E-state index < -0.39 is 0 Å². The number of carbonyl (C=O) groups excluding carboxylic acids is 2. The number of likely N-dealkylation sites (N-methyl/N-ethyl adjacent to an activating group) is 1. The number of carbonyl (C=O) groups is 2. The monoisotopic (exact) mass is 414 g/mol. The molecule has 0 spiro atoms. The number of halogens is 1. The average Bonchev–Trinajstić information content (AvgIpc) is 2.70. The van der Waals surface area contributed by atoms with Gasteiger partial charge < -0.3 is 14.7 Å². The van der Waals surface area contributed by atoms with E-state index in [1.165, 1.54) is 20.9 Å². The van der Waals surface area contributed by atoms with Crippen LogP contribution in [-0.4, -0.2) is 61.4 Å². The molecule has 0 aromatic heterocycles. The van der Waals surface area contributed by atoms with Gasteiger partial charge in [-0.2, -0.15) is 0 Å². The number of rotatable bonds is 6. The summed E-state index contributed by atoms with van der Waals surface area (Å²) in [5.41, 5.74) is 3.52. The Morgan fingerprint density at radius 2 is 1.76 bits per heavy atom. The molecule has 0 radical (unpaired) electrons. The fourth-order valence-corrected chi connectivity index (χ4v) is 3.79. The van der Waals surface area contributed by atoms with E-state index in [0.29, 0.717) is 5.02 Å². The summed E-state index contributed by atoms with van der Waals surface area (Å²) in [6.45, 7) is 6.56. The zero-order valence-corrected chi connectivity index (χ0v) is 17.9. The van der Waals surface area contributed by atoms with Crippen LogP contribution in [0.25, 0.3) is 0 Å². The van der Waals surface area contributed by atoms with Crippen LogP contribution >= 0.6 is 11.6 Å². The van der Waals surface area contributed by atoms with E-state index in [1.807, 2.05) is 17.0 Å². The van der Waals surface area contributed by atoms with Crippen LogP contribution in [0.3, 0.4) is 0 Å². The molecule has 0 unspecified atom stereocenters. The smallest absolute Gasteiger partial charge is 0.242 e. The third kappa shape index (κ3) is 6.31. The first-order chi connectivity index (χ1) is 13.9. The van der Waals surface area contributed by atoms with Crippen molar-refractivity contribution >= 4 is 23.4 Å². The summed E-state index contributed by atoms with van der Waals surface area (Å²) in [5, 5.41) is 0.647. The molecule has 6 heteroatoms. The fourth-order valence-electron chi connectivity index (χ4n) is 3.66. The van der Waals surface area contributed by atoms with Gasteiger partial charge in [0.05, 0.1) is 39.1 Å². The van der Waals surface area contributed by atoms with Crippen molar-refractivity contribution in [3.63, 3.8) is 0 Å². The summed E-state index contributed by atoms with van der Waals surface area (Å²) in [5.74, 6) is -0.0454. The highest BCUT2D eigenvalue weighted by atomic mass is 35.5. The summed E-state index contributed by atoms with van der Waals surface area (Å²) < 4.78 is 0. The van der Waals surface area contributed by atoms with Gasteiger partial charge in [-0.25, -0.2) is 0 Å². The maximum atomic E-state index is 12.6. The molecular formula is C23H29ClN3O2+. The molecule has 29 heavy (non-hydrogen) atoms. The quantitative estimate of drug-likeness (QED) is 0.780. The van der Waals surface area contributed by atoms with E-state index in [1.54, 1.807) is 19.2 Å². The Kier molecular flexibility index (Phi) is 7.29. The molecule has 1 saturated heterocycles. The highest BCUT2D eigenvalue weighted by Crippen LogP contribution is 2.10. The van der Waals surface area contributed by atoms with Gasteiger partial charge in [0.1, 0.15) is 6.54 Å². The van der Waals surface area contributed by atoms with Gasteiger partial charge in [0.15, 0.2) is 0 Å². The number of quaternary nitrogens is 1. The normalized spacial score (nSPS) is 14.7. The van der Waals surface area contributed by atoms with Crippen LogP contribution in [0, 0.1) is 6.92 Å². The minimum absolute atomic E-state index is 0.0200. The van der Waals surface area contributed by atoms with Crippen molar-refractivity contribution in [3.05, 3.63) is 70.2 Å². The van der Waals surface area contributed by atoms with Gasteiger partial charge in [-0.3, -0.25) is 9.59 Å². The first-order valence-corrected chi connectivity index (χ1v) is 10.4. The Morgan fingerprint density at radius 1 is 1.07 bits per heavy atom. The average molecular weight is 415 g/mol. The number of hydrogen-bond donors (Lipinski definition) is 1. The number of aryl methyl sites for hydroxylation is 1. The first-order valence-electron chi connectivity index (χ1n) is 10.1. The Hall–Kier alpha value is -2.37. The summed E-state index contributed by atoms with van der Waals surface area (Å²) in [7, 11) is 1.69. The number of amides is 2. The maximum absolute atomic E-state index is 12.6. The van der Waals surface area contributed by atoms with Crippen molar-refractivity contribution in [2.75, 3.05) is 39.8 Å². The van der Waals surface area contributed by atoms with E-state index in [4.69, 9.17) is 11.6 Å². The molecule has 2 aromatic rings. The lowest BCUT2D eigenvalue weighted by Crippen LogP contribution is -3.13. The molecule has 1 aliphatic rings. The van der Waals surface area contributed by atoms with Gasteiger partial charge in [0.2, 0.25) is 11.8 Å². The van der Waals surface area contributed by atoms with E-state index >= 15 is 0 Å². The van der Waals surface area contributed by atoms with Gasteiger partial charge in [-0.05, 0) is 24.6 Å². The Morgan fingerprint density at radius 3 is 2.41 bits per heavy atom. The molecule has 1 N–H and O–H groups in total. The summed E-state index contributed by atoms with van der Waals surface area (Å²) in [6.07, 6.45) is 0.273. The molecule has 0 bridgehead atoms. The minimum atomic E-state index is -0.0654. The Bertz CT molecular complexity index is 845. The summed E-state index contributed by atoms with van der Waals surface area (Å²) >= 11 is 5.88. The number of nitrogens with one attached hydrogen (secondary N) is 1. The molecule has 0 atom stereocenters. The second kappa shape index (κ2) is 9.90. The van der Waals surface area contributed by atoms with Crippen molar-refractivity contribution < 1.29 is 14.5 Å². The lowest BCUT2D eigenvalue weighted by atomic mass is 10.1. The Labute approximate surface area is 177 Å². The standard InChI is InChI=1S/C23H28ClN3O2/c1-18-4-3-5-20(14-18)16-26-10-12-27(13-11-26)23(29)17-25(2)22(28)15-19-6-8-21(24)9-7-19/h3-9,14H,10-13,15-17H2,1-2H3/p+1. The molecule has 1 fully saturated rings. The molecule has 0 saturated carbocycles. The third-order valence-corrected chi connectivity index (χ3v) is 5.68. The maximum Gasteiger partial charge on any atom is 0.242 e. The zero-order valence-electron chi connectivity index (χ0n) is 17.2. The molecule has 2 amide bonds. The molecule has 154 valence electrons. The predicted molar refractivity (Wildman–Crippen MR) is 115 cm³/mol. The fraction of sp³-hybridized carbons (Fsp3) is 0.391. The highest BCUT2D eigenvalue weighted by molar-refractivity contribution is 6.30. The molecule has 1 heterocycles. The van der Waals surface area contributed by atoms with Crippen LogP contribution in [-0.2, 0) is 22.6 Å². The minimum Gasteiger partial charge on any atom is -0.336 e. The van der Waals surface area contributed by atoms with Crippen molar-refractivity contribution in [2.24, 2.45) is 0 Å². The van der Waals surface area contributed by atoms with Crippen molar-refractivity contribution in [1.29, 1.82) is 0 Å². The molecular weight excluding hydrogens is 386 g/mol. The lowest BCUT2D eigenvalue weighted by molar-refractivity contribution is -0.917. The van der Waals surface area contributed by atoms with Gasteiger partial charge in [0.25, 0.3) is 0 Å². The van der Waals surface area contributed by atoms with Gasteiger partial charge in [-0.1, -0.05) is 53.6 Å². The van der Waals surface area contributed by atoms with Gasteiger partial charge in [-0.15, -0.1) is 0 Å². The van der Waals surface area contributed by atoms with Crippen molar-refractivity contribution in [2.45, 2.75) is 19.9 Å². The largest absolute Gasteiger partial charge is 0.336 e. The summed E-state index contributed by atoms with van der Waals surface area (Å²) in [4.78, 5) is 29.9. The van der Waals surface area contributed by atoms with Crippen LogP contribution in [0.4, 0.5) is 0 Å². The van der Waals surface area contributed by atoms with E-state index in [-0.39, 0.29) is 24.8 Å². The van der Waals surface area contributed by atoms with Crippen LogP contribution in [0.2, 0.25) is 5.02 Å². The molecule has 3 rings (SSSR count). The molecule has 2 aromatic carbocycles. The van der Waals surface area contributed by atoms with Crippen LogP contribution in [0.5, 0.6) is 0 Å². The van der Waals surface area contributed by atoms with Gasteiger partial charge in [0, 0.05) is 17.6 Å². The van der Waals surface area contributed by atoms with E-state index in [9.17, 15) is 9.59 Å². The van der Waals surface area contributed by atoms with Crippen molar-refractivity contribution in [1.82, 2.24) is 9.80 Å². The number of piperazine rings is 1. The number of benzene rings is 2. The number of hydrogen-bond acceptors (Lipinski definition) is 2. The zero-order chi connectivity index (χ0) is 20.8. The van der Waals surface area contributed by atoms with E-state index in [2.05, 4.69) is 31.2 Å². The lowest BCUT2D eigenvalue weighted by Gasteiger charge is -2.33. The topological polar surface area (TPSA) is 45.1 Å². The second-order valence-electron chi connectivity index (χ2n) is 7.85. The Balaban J connectivity index is 1.44. The highest BCUT2D eigenvalue weighted by Gasteiger charge is 2.25. The SMILES string of the molecule is Cc1cccc(C[NH+]2CCN(C(=O)CN(C)C(=O)Cc3ccc(Cl)cc3)CC2)c1. The van der Waals surface area contributed by atoms with E-state index in [0.717, 1.165) is 38.3 Å². The van der Waals surface area contributed by atoms with Crippen LogP contribution in [0.1, 0.15) is 16.7 Å². The molecule has 1 aliphatic heterocycles. The van der Waals surface area contributed by atoms with Crippen molar-refractivity contribution in [3.8, 4) is 0 Å². The molecule has 5 nitrogen and oxygen atoms in total. The molecule has 0 aliphatic carbocycles. The predicted octanol–water partition coefficient (Wildman–Crippen LogP) is 1.58. The second-order valence-corrected chi connectivity index (χ2v) is 8.29. The van der Waals surface area contributed by atoms with Crippen LogP contribution in [0.15, 0.2) is 48.5 Å². The number of nitrogens with zero attached hydrogens (tertiary/aromatic N) is 2.